The van der Waals surface area contributed by atoms with Gasteiger partial charge < -0.3 is 24.3 Å². The van der Waals surface area contributed by atoms with Crippen molar-refractivity contribution in [3.05, 3.63) is 60.5 Å². The number of nitrogens with one attached hydrogen (secondary N) is 1. The molecule has 2 aliphatic heterocycles. The first kappa shape index (κ1) is 21.5. The topological polar surface area (TPSA) is 89.5 Å². The molecule has 0 saturated carbocycles. The van der Waals surface area contributed by atoms with Crippen LogP contribution < -0.4 is 4.74 Å². The lowest BCUT2D eigenvalue weighted by atomic mass is 10.1. The molecule has 174 valence electrons. The van der Waals surface area contributed by atoms with E-state index in [1.165, 1.54) is 6.07 Å². The normalized spacial score (nSPS) is 24.0. The van der Waals surface area contributed by atoms with Crippen molar-refractivity contribution in [1.29, 1.82) is 0 Å². The van der Waals surface area contributed by atoms with Gasteiger partial charge in [-0.2, -0.15) is 0 Å². The van der Waals surface area contributed by atoms with Crippen molar-refractivity contribution in [3.63, 3.8) is 0 Å². The standard InChI is InChI=1S/C25H22FN3O4S/c1-34-15-6-7-17(27-10-15)13-2-4-14(5-3-13)23-16(26)8-18-19(29-23)9-22(28-18)33-21-12-32-24-20(30)11-31-25(21)24/h2-10,20-21,24-25,28,30H,11-12H2,1H3/t20?,21?,24?,25-/m1/s1. The molecule has 3 unspecified atom stereocenters. The first-order valence-electron chi connectivity index (χ1n) is 11.0. The zero-order valence-electron chi connectivity index (χ0n) is 18.3. The van der Waals surface area contributed by atoms with Gasteiger partial charge in [-0.25, -0.2) is 9.37 Å². The number of aliphatic hydroxyl groups excluding tert-OH is 1. The van der Waals surface area contributed by atoms with E-state index < -0.39 is 11.9 Å². The molecule has 0 amide bonds. The number of aromatic nitrogens is 3. The van der Waals surface area contributed by atoms with E-state index in [2.05, 4.69) is 15.0 Å². The van der Waals surface area contributed by atoms with Crippen LogP contribution in [0.15, 0.2) is 59.6 Å². The minimum absolute atomic E-state index is 0.232. The van der Waals surface area contributed by atoms with Gasteiger partial charge in [-0.15, -0.1) is 11.8 Å². The summed E-state index contributed by atoms with van der Waals surface area (Å²) in [7, 11) is 0. The van der Waals surface area contributed by atoms with Gasteiger partial charge in [0, 0.05) is 34.4 Å². The third kappa shape index (κ3) is 3.84. The molecule has 6 rings (SSSR count). The number of thioether (sulfide) groups is 1. The summed E-state index contributed by atoms with van der Waals surface area (Å²) in [6, 6.07) is 14.7. The van der Waals surface area contributed by atoms with E-state index in [-0.39, 0.29) is 30.6 Å². The van der Waals surface area contributed by atoms with Crippen LogP contribution in [0.5, 0.6) is 5.88 Å². The lowest BCUT2D eigenvalue weighted by Crippen LogP contribution is -2.34. The highest BCUT2D eigenvalue weighted by atomic mass is 32.2. The van der Waals surface area contributed by atoms with E-state index in [4.69, 9.17) is 14.2 Å². The Kier molecular flexibility index (Phi) is 5.49. The molecule has 2 saturated heterocycles. The maximum atomic E-state index is 14.9. The Balaban J connectivity index is 1.24. The highest BCUT2D eigenvalue weighted by Crippen LogP contribution is 2.32. The second-order valence-corrected chi connectivity index (χ2v) is 9.25. The van der Waals surface area contributed by atoms with Gasteiger partial charge in [0.05, 0.1) is 29.9 Å². The van der Waals surface area contributed by atoms with Crippen LogP contribution >= 0.6 is 11.8 Å². The average Bonchev–Trinajstić information content (AvgIpc) is 3.55. The van der Waals surface area contributed by atoms with Crippen molar-refractivity contribution in [2.24, 2.45) is 0 Å². The number of nitrogens with zero attached hydrogens (tertiary/aromatic N) is 2. The molecule has 5 heterocycles. The second-order valence-electron chi connectivity index (χ2n) is 8.37. The number of ether oxygens (including phenoxy) is 3. The summed E-state index contributed by atoms with van der Waals surface area (Å²) in [5, 5.41) is 9.90. The molecule has 0 bridgehead atoms. The molecule has 1 aromatic carbocycles. The fraction of sp³-hybridized carbons (Fsp3) is 0.280. The first-order chi connectivity index (χ1) is 16.6. The second kappa shape index (κ2) is 8.66. The quantitative estimate of drug-likeness (QED) is 0.417. The van der Waals surface area contributed by atoms with Crippen LogP contribution in [-0.2, 0) is 9.47 Å². The van der Waals surface area contributed by atoms with Gasteiger partial charge in [0.25, 0.3) is 0 Å². The minimum atomic E-state index is -0.642. The summed E-state index contributed by atoms with van der Waals surface area (Å²) in [5.41, 5.74) is 3.88. The Bertz CT molecular complexity index is 1330. The summed E-state index contributed by atoms with van der Waals surface area (Å²) >= 11 is 1.64. The maximum absolute atomic E-state index is 14.9. The molecular weight excluding hydrogens is 457 g/mol. The Morgan fingerprint density at radius 3 is 2.62 bits per heavy atom. The first-order valence-corrected chi connectivity index (χ1v) is 12.2. The van der Waals surface area contributed by atoms with Gasteiger partial charge in [0.2, 0.25) is 0 Å². The van der Waals surface area contributed by atoms with Crippen LogP contribution in [0.25, 0.3) is 33.5 Å². The van der Waals surface area contributed by atoms with Crippen molar-refractivity contribution in [3.8, 4) is 28.4 Å². The highest BCUT2D eigenvalue weighted by molar-refractivity contribution is 7.98. The Hall–Kier alpha value is -2.98. The number of aromatic amines is 1. The summed E-state index contributed by atoms with van der Waals surface area (Å²) in [4.78, 5) is 13.2. The average molecular weight is 480 g/mol. The Morgan fingerprint density at radius 2 is 1.85 bits per heavy atom. The lowest BCUT2D eigenvalue weighted by Gasteiger charge is -2.16. The molecular formula is C25H22FN3O4S. The van der Waals surface area contributed by atoms with Gasteiger partial charge >= 0.3 is 0 Å². The van der Waals surface area contributed by atoms with Crippen LogP contribution in [0.3, 0.4) is 0 Å². The van der Waals surface area contributed by atoms with Crippen molar-refractivity contribution >= 4 is 22.8 Å². The van der Waals surface area contributed by atoms with Gasteiger partial charge in [-0.1, -0.05) is 24.3 Å². The number of rotatable bonds is 5. The number of pyridine rings is 2. The van der Waals surface area contributed by atoms with E-state index in [1.807, 2.05) is 48.9 Å². The zero-order valence-corrected chi connectivity index (χ0v) is 19.1. The smallest absolute Gasteiger partial charge is 0.193 e. The molecule has 7 nitrogen and oxygen atoms in total. The molecule has 0 aliphatic carbocycles. The SMILES string of the molecule is CSc1ccc(-c2ccc(-c3nc4cc(OC5COC6C(O)CO[C@H]56)[nH]c4cc3F)cc2)nc1. The van der Waals surface area contributed by atoms with E-state index in [1.54, 1.807) is 17.8 Å². The number of hydrogen-bond donors (Lipinski definition) is 2. The van der Waals surface area contributed by atoms with Crippen LogP contribution in [0.4, 0.5) is 4.39 Å². The van der Waals surface area contributed by atoms with E-state index in [9.17, 15) is 9.50 Å². The number of halogens is 1. The lowest BCUT2D eigenvalue weighted by molar-refractivity contribution is 0.00794. The van der Waals surface area contributed by atoms with E-state index in [0.29, 0.717) is 29.1 Å². The van der Waals surface area contributed by atoms with Gasteiger partial charge in [0.15, 0.2) is 17.8 Å². The largest absolute Gasteiger partial charge is 0.470 e. The fourth-order valence-electron chi connectivity index (χ4n) is 4.45. The number of aliphatic hydroxyl groups is 1. The molecule has 9 heteroatoms. The van der Waals surface area contributed by atoms with Crippen LogP contribution in [0, 0.1) is 5.82 Å². The van der Waals surface area contributed by atoms with E-state index >= 15 is 0 Å². The molecule has 2 fully saturated rings. The third-order valence-electron chi connectivity index (χ3n) is 6.22. The molecule has 0 radical (unpaired) electrons. The van der Waals surface area contributed by atoms with Crippen molar-refractivity contribution in [2.45, 2.75) is 29.3 Å². The van der Waals surface area contributed by atoms with Gasteiger partial charge in [-0.3, -0.25) is 4.98 Å². The minimum Gasteiger partial charge on any atom is -0.470 e. The molecule has 2 aliphatic rings. The fourth-order valence-corrected chi connectivity index (χ4v) is 4.81. The van der Waals surface area contributed by atoms with Crippen LogP contribution in [0.2, 0.25) is 0 Å². The molecule has 2 N–H and O–H groups in total. The molecule has 4 atom stereocenters. The van der Waals surface area contributed by atoms with Crippen LogP contribution in [-0.4, -0.2) is 63.9 Å². The molecule has 3 aromatic heterocycles. The van der Waals surface area contributed by atoms with Crippen molar-refractivity contribution in [2.75, 3.05) is 19.5 Å². The predicted octanol–water partition coefficient (Wildman–Crippen LogP) is 4.06. The monoisotopic (exact) mass is 479 g/mol. The molecule has 0 spiro atoms. The van der Waals surface area contributed by atoms with Gasteiger partial charge in [0.1, 0.15) is 24.0 Å². The third-order valence-corrected chi connectivity index (χ3v) is 6.93. The molecule has 34 heavy (non-hydrogen) atoms. The maximum Gasteiger partial charge on any atom is 0.193 e. The number of benzene rings is 1. The number of fused-ring (bicyclic) bond motifs is 2. The summed E-state index contributed by atoms with van der Waals surface area (Å²) < 4.78 is 32.1. The predicted molar refractivity (Wildman–Crippen MR) is 126 cm³/mol. The van der Waals surface area contributed by atoms with Gasteiger partial charge in [-0.05, 0) is 18.4 Å². The summed E-state index contributed by atoms with van der Waals surface area (Å²) in [5.74, 6) is 0.0241. The molecule has 4 aromatic rings. The Labute approximate surface area is 199 Å². The van der Waals surface area contributed by atoms with E-state index in [0.717, 1.165) is 16.2 Å². The number of hydrogen-bond acceptors (Lipinski definition) is 7. The van der Waals surface area contributed by atoms with Crippen molar-refractivity contribution < 1.29 is 23.7 Å². The highest BCUT2D eigenvalue weighted by Gasteiger charge is 2.48. The Morgan fingerprint density at radius 1 is 1.06 bits per heavy atom. The summed E-state index contributed by atoms with van der Waals surface area (Å²) in [6.45, 7) is 0.548. The summed E-state index contributed by atoms with van der Waals surface area (Å²) in [6.07, 6.45) is 2.15. The van der Waals surface area contributed by atoms with Crippen molar-refractivity contribution in [1.82, 2.24) is 15.0 Å². The number of H-pyrrole nitrogens is 1. The zero-order chi connectivity index (χ0) is 23.2. The van der Waals surface area contributed by atoms with Crippen LogP contribution in [0.1, 0.15) is 0 Å².